The molecule has 0 fully saturated rings. The van der Waals surface area contributed by atoms with Crippen molar-refractivity contribution in [1.29, 1.82) is 0 Å². The molecule has 1 heterocycles. The van der Waals surface area contributed by atoms with Crippen molar-refractivity contribution in [2.24, 2.45) is 10.1 Å². The number of aliphatic imine (C=N–C) groups is 1. The standard InChI is InChI=1S/C41H48N2O8/c1-27-14-10-11-15-32(27)42-28(2)29-16-18-34(44-3)37(22-29)49-20-12-8-9-13-21-50-38-23-30(17-19-35(38)45-4)36-26-33(43-51-36)31-24-39(46-5)41(48-7)40(25-31)47-6/h10-11,14-19,22-25,36H,8-9,12-13,20-21,26H2,1-7H3. The van der Waals surface area contributed by atoms with Crippen molar-refractivity contribution >= 4 is 17.1 Å². The van der Waals surface area contributed by atoms with Crippen LogP contribution in [0.4, 0.5) is 5.69 Å². The highest BCUT2D eigenvalue weighted by Gasteiger charge is 2.27. The summed E-state index contributed by atoms with van der Waals surface area (Å²) in [6.07, 6.45) is 4.12. The van der Waals surface area contributed by atoms with Crippen molar-refractivity contribution in [3.05, 3.63) is 95.1 Å². The predicted molar refractivity (Wildman–Crippen MR) is 200 cm³/mol. The third kappa shape index (κ3) is 9.25. The summed E-state index contributed by atoms with van der Waals surface area (Å²) in [5.74, 6) is 4.43. The van der Waals surface area contributed by atoms with Gasteiger partial charge in [-0.1, -0.05) is 29.4 Å². The zero-order valence-corrected chi connectivity index (χ0v) is 30.6. The SMILES string of the molecule is COc1ccc(C(C)=Nc2ccccc2C)cc1OCCCCCCOc1cc(C2CC(c3cc(OC)c(OC)c(OC)c3)=NO2)ccc1OC. The molecule has 1 atom stereocenters. The quantitative estimate of drug-likeness (QED) is 0.0751. The molecule has 0 radical (unpaired) electrons. The van der Waals surface area contributed by atoms with E-state index in [9.17, 15) is 0 Å². The first kappa shape index (κ1) is 36.9. The van der Waals surface area contributed by atoms with Crippen LogP contribution in [0.25, 0.3) is 0 Å². The van der Waals surface area contributed by atoms with E-state index in [2.05, 4.69) is 18.1 Å². The van der Waals surface area contributed by atoms with Crippen LogP contribution in [0.3, 0.4) is 0 Å². The fraction of sp³-hybridized carbons (Fsp3) is 0.366. The maximum absolute atomic E-state index is 6.19. The largest absolute Gasteiger partial charge is 0.493 e. The van der Waals surface area contributed by atoms with Crippen LogP contribution in [0, 0.1) is 6.92 Å². The first-order valence-corrected chi connectivity index (χ1v) is 17.1. The average molecular weight is 697 g/mol. The van der Waals surface area contributed by atoms with Gasteiger partial charge in [-0.05, 0) is 105 Å². The third-order valence-electron chi connectivity index (χ3n) is 8.77. The van der Waals surface area contributed by atoms with E-state index in [4.69, 9.17) is 43.0 Å². The third-order valence-corrected chi connectivity index (χ3v) is 8.77. The summed E-state index contributed by atoms with van der Waals surface area (Å²) in [5, 5.41) is 4.38. The summed E-state index contributed by atoms with van der Waals surface area (Å²) in [6.45, 7) is 5.23. The first-order chi connectivity index (χ1) is 24.9. The normalized spacial score (nSPS) is 14.0. The van der Waals surface area contributed by atoms with Gasteiger partial charge in [-0.2, -0.15) is 0 Å². The molecular formula is C41H48N2O8. The second-order valence-corrected chi connectivity index (χ2v) is 12.1. The van der Waals surface area contributed by atoms with Crippen LogP contribution in [0.2, 0.25) is 0 Å². The molecular weight excluding hydrogens is 648 g/mol. The minimum Gasteiger partial charge on any atom is -0.493 e. The van der Waals surface area contributed by atoms with Gasteiger partial charge in [-0.25, -0.2) is 0 Å². The predicted octanol–water partition coefficient (Wildman–Crippen LogP) is 9.06. The van der Waals surface area contributed by atoms with Crippen LogP contribution in [0.1, 0.15) is 67.4 Å². The molecule has 1 unspecified atom stereocenters. The Morgan fingerprint density at radius 3 is 1.90 bits per heavy atom. The maximum atomic E-state index is 6.19. The van der Waals surface area contributed by atoms with Gasteiger partial charge < -0.3 is 38.0 Å². The zero-order valence-electron chi connectivity index (χ0n) is 30.6. The molecule has 4 aromatic rings. The summed E-state index contributed by atoms with van der Waals surface area (Å²) in [4.78, 5) is 10.7. The van der Waals surface area contributed by atoms with E-state index in [0.29, 0.717) is 54.1 Å². The van der Waals surface area contributed by atoms with E-state index in [0.717, 1.165) is 70.8 Å². The van der Waals surface area contributed by atoms with Crippen molar-refractivity contribution in [2.45, 2.75) is 52.1 Å². The van der Waals surface area contributed by atoms with Gasteiger partial charge in [-0.15, -0.1) is 0 Å². The Kier molecular flexibility index (Phi) is 13.0. The number of ether oxygens (including phenoxy) is 7. The van der Waals surface area contributed by atoms with Gasteiger partial charge in [0.05, 0.1) is 60.2 Å². The number of aryl methyl sites for hydroxylation is 1. The zero-order chi connectivity index (χ0) is 36.2. The Morgan fingerprint density at radius 2 is 1.29 bits per heavy atom. The van der Waals surface area contributed by atoms with Gasteiger partial charge in [0.2, 0.25) is 5.75 Å². The van der Waals surface area contributed by atoms with Crippen molar-refractivity contribution < 1.29 is 38.0 Å². The van der Waals surface area contributed by atoms with Crippen LogP contribution in [-0.4, -0.2) is 60.2 Å². The summed E-state index contributed by atoms with van der Waals surface area (Å²) in [7, 11) is 8.06. The van der Waals surface area contributed by atoms with Crippen LogP contribution >= 0.6 is 0 Å². The topological polar surface area (TPSA) is 98.6 Å². The number of unbranched alkanes of at least 4 members (excludes halogenated alkanes) is 3. The molecule has 0 saturated carbocycles. The van der Waals surface area contributed by atoms with Gasteiger partial charge >= 0.3 is 0 Å². The van der Waals surface area contributed by atoms with Crippen LogP contribution in [0.15, 0.2) is 82.9 Å². The molecule has 5 rings (SSSR count). The van der Waals surface area contributed by atoms with Crippen molar-refractivity contribution in [2.75, 3.05) is 48.8 Å². The number of para-hydroxylation sites is 1. The van der Waals surface area contributed by atoms with E-state index in [1.807, 2.05) is 73.7 Å². The van der Waals surface area contributed by atoms with Crippen LogP contribution in [0.5, 0.6) is 40.2 Å². The molecule has 0 aliphatic carbocycles. The van der Waals surface area contributed by atoms with E-state index in [1.54, 1.807) is 35.5 Å². The smallest absolute Gasteiger partial charge is 0.203 e. The first-order valence-electron chi connectivity index (χ1n) is 17.1. The lowest BCUT2D eigenvalue weighted by atomic mass is 9.99. The molecule has 0 bridgehead atoms. The van der Waals surface area contributed by atoms with Crippen molar-refractivity contribution in [3.8, 4) is 40.2 Å². The van der Waals surface area contributed by atoms with Crippen molar-refractivity contribution in [1.82, 2.24) is 0 Å². The van der Waals surface area contributed by atoms with E-state index >= 15 is 0 Å². The number of nitrogens with zero attached hydrogens (tertiary/aromatic N) is 2. The summed E-state index contributed by atoms with van der Waals surface area (Å²) < 4.78 is 40.0. The van der Waals surface area contributed by atoms with E-state index < -0.39 is 0 Å². The Balaban J connectivity index is 1.09. The molecule has 0 aromatic heterocycles. The van der Waals surface area contributed by atoms with E-state index in [1.165, 1.54) is 0 Å². The lowest BCUT2D eigenvalue weighted by Gasteiger charge is -2.15. The molecule has 0 N–H and O–H groups in total. The minimum absolute atomic E-state index is 0.268. The fourth-order valence-corrected chi connectivity index (χ4v) is 5.85. The number of hydrogen-bond acceptors (Lipinski definition) is 10. The number of oxime groups is 1. The second kappa shape index (κ2) is 18.0. The highest BCUT2D eigenvalue weighted by Crippen LogP contribution is 2.41. The number of hydrogen-bond donors (Lipinski definition) is 0. The molecule has 270 valence electrons. The molecule has 0 spiro atoms. The Bertz CT molecular complexity index is 1810. The number of benzene rings is 4. The molecule has 10 heteroatoms. The fourth-order valence-electron chi connectivity index (χ4n) is 5.85. The molecule has 10 nitrogen and oxygen atoms in total. The van der Waals surface area contributed by atoms with Crippen LogP contribution in [-0.2, 0) is 4.84 Å². The summed E-state index contributed by atoms with van der Waals surface area (Å²) >= 11 is 0. The average Bonchev–Trinajstić information content (AvgIpc) is 3.66. The lowest BCUT2D eigenvalue weighted by molar-refractivity contribution is 0.0854. The summed E-state index contributed by atoms with van der Waals surface area (Å²) in [5.41, 5.74) is 6.59. The highest BCUT2D eigenvalue weighted by molar-refractivity contribution is 6.02. The Morgan fingerprint density at radius 1 is 0.686 bits per heavy atom. The molecule has 51 heavy (non-hydrogen) atoms. The number of rotatable bonds is 18. The molecule has 1 aliphatic rings. The van der Waals surface area contributed by atoms with Gasteiger partial charge in [0.15, 0.2) is 40.6 Å². The van der Waals surface area contributed by atoms with Gasteiger partial charge in [0.25, 0.3) is 0 Å². The molecule has 0 saturated heterocycles. The lowest BCUT2D eigenvalue weighted by Crippen LogP contribution is -2.05. The molecule has 0 amide bonds. The number of methoxy groups -OCH3 is 5. The van der Waals surface area contributed by atoms with Crippen LogP contribution < -0.4 is 33.2 Å². The minimum atomic E-state index is -0.268. The Hall–Kier alpha value is -5.38. The molecule has 4 aromatic carbocycles. The summed E-state index contributed by atoms with van der Waals surface area (Å²) in [6, 6.07) is 23.7. The maximum Gasteiger partial charge on any atom is 0.203 e. The molecule has 1 aliphatic heterocycles. The van der Waals surface area contributed by atoms with Crippen molar-refractivity contribution in [3.63, 3.8) is 0 Å². The van der Waals surface area contributed by atoms with Gasteiger partial charge in [0.1, 0.15) is 0 Å². The van der Waals surface area contributed by atoms with E-state index in [-0.39, 0.29) is 6.10 Å². The highest BCUT2D eigenvalue weighted by atomic mass is 16.6. The monoisotopic (exact) mass is 696 g/mol. The Labute approximate surface area is 300 Å². The second-order valence-electron chi connectivity index (χ2n) is 12.1. The van der Waals surface area contributed by atoms with Gasteiger partial charge in [-0.3, -0.25) is 4.99 Å². The van der Waals surface area contributed by atoms with Gasteiger partial charge in [0, 0.05) is 17.7 Å².